The van der Waals surface area contributed by atoms with Gasteiger partial charge in [-0.1, -0.05) is 0 Å². The van der Waals surface area contributed by atoms with Crippen LogP contribution in [-0.4, -0.2) is 5.11 Å². The van der Waals surface area contributed by atoms with Gasteiger partial charge in [-0.2, -0.15) is 5.26 Å². The number of aromatic hydroxyl groups is 1. The summed E-state index contributed by atoms with van der Waals surface area (Å²) in [7, 11) is 0. The first-order chi connectivity index (χ1) is 7.09. The predicted octanol–water partition coefficient (Wildman–Crippen LogP) is 3.24. The highest BCUT2D eigenvalue weighted by molar-refractivity contribution is 9.10. The highest BCUT2D eigenvalue weighted by Crippen LogP contribution is 2.48. The van der Waals surface area contributed by atoms with Gasteiger partial charge in [-0.3, -0.25) is 0 Å². The average molecular weight is 270 g/mol. The molecule has 0 aromatic heterocycles. The molecule has 0 spiro atoms. The largest absolute Gasteiger partial charge is 0.506 e. The summed E-state index contributed by atoms with van der Waals surface area (Å²) in [5.41, 5.74) is -0.280. The fourth-order valence-corrected chi connectivity index (χ4v) is 2.33. The maximum Gasteiger partial charge on any atom is 0.134 e. The molecule has 0 amide bonds. The summed E-state index contributed by atoms with van der Waals surface area (Å²) in [6.45, 7) is 0. The summed E-state index contributed by atoms with van der Waals surface area (Å²) in [6, 6.07) is 4.63. The number of rotatable bonds is 1. The SMILES string of the molecule is N#CC1(c2cc(F)cc(Br)c2O)CCC1. The molecule has 1 aromatic carbocycles. The fourth-order valence-electron chi connectivity index (χ4n) is 1.90. The smallest absolute Gasteiger partial charge is 0.134 e. The van der Waals surface area contributed by atoms with E-state index >= 15 is 0 Å². The molecule has 78 valence electrons. The normalized spacial score (nSPS) is 17.9. The van der Waals surface area contributed by atoms with Crippen LogP contribution in [0.25, 0.3) is 0 Å². The van der Waals surface area contributed by atoms with Crippen LogP contribution in [0.15, 0.2) is 16.6 Å². The minimum atomic E-state index is -0.686. The Kier molecular flexibility index (Phi) is 2.43. The van der Waals surface area contributed by atoms with Crippen molar-refractivity contribution < 1.29 is 9.50 Å². The number of halogens is 2. The quantitative estimate of drug-likeness (QED) is 0.851. The Morgan fingerprint density at radius 1 is 1.47 bits per heavy atom. The van der Waals surface area contributed by atoms with E-state index in [0.29, 0.717) is 22.9 Å². The van der Waals surface area contributed by atoms with Crippen LogP contribution in [0.3, 0.4) is 0 Å². The van der Waals surface area contributed by atoms with Crippen LogP contribution in [0.4, 0.5) is 4.39 Å². The van der Waals surface area contributed by atoms with E-state index in [2.05, 4.69) is 22.0 Å². The molecule has 0 atom stereocenters. The second-order valence-corrected chi connectivity index (χ2v) is 4.69. The zero-order valence-electron chi connectivity index (χ0n) is 7.93. The van der Waals surface area contributed by atoms with Crippen LogP contribution >= 0.6 is 15.9 Å². The van der Waals surface area contributed by atoms with E-state index in [0.717, 1.165) is 6.42 Å². The number of phenolic OH excluding ortho intramolecular Hbond substituents is 1. The van der Waals surface area contributed by atoms with Gasteiger partial charge in [0.2, 0.25) is 0 Å². The molecule has 1 aliphatic rings. The minimum Gasteiger partial charge on any atom is -0.506 e. The van der Waals surface area contributed by atoms with Crippen molar-refractivity contribution in [2.45, 2.75) is 24.7 Å². The molecule has 0 saturated heterocycles. The summed E-state index contributed by atoms with van der Waals surface area (Å²) >= 11 is 3.07. The number of hydrogen-bond donors (Lipinski definition) is 1. The van der Waals surface area contributed by atoms with E-state index in [1.807, 2.05) is 0 Å². The van der Waals surface area contributed by atoms with Crippen molar-refractivity contribution in [2.24, 2.45) is 0 Å². The summed E-state index contributed by atoms with van der Waals surface area (Å²) < 4.78 is 13.5. The Morgan fingerprint density at radius 2 is 2.13 bits per heavy atom. The molecule has 1 aliphatic carbocycles. The third kappa shape index (κ3) is 1.51. The lowest BCUT2D eigenvalue weighted by Crippen LogP contribution is -2.32. The summed E-state index contributed by atoms with van der Waals surface area (Å²) in [5.74, 6) is -0.450. The first kappa shape index (κ1) is 10.4. The highest BCUT2D eigenvalue weighted by atomic mass is 79.9. The van der Waals surface area contributed by atoms with E-state index in [9.17, 15) is 9.50 Å². The average Bonchev–Trinajstić information content (AvgIpc) is 2.12. The zero-order valence-corrected chi connectivity index (χ0v) is 9.51. The van der Waals surface area contributed by atoms with Crippen LogP contribution in [0.1, 0.15) is 24.8 Å². The molecule has 1 fully saturated rings. The molecule has 1 N–H and O–H groups in total. The molecule has 0 aliphatic heterocycles. The van der Waals surface area contributed by atoms with E-state index < -0.39 is 11.2 Å². The van der Waals surface area contributed by atoms with Gasteiger partial charge < -0.3 is 5.11 Å². The number of phenols is 1. The number of hydrogen-bond acceptors (Lipinski definition) is 2. The molecule has 2 nitrogen and oxygen atoms in total. The summed E-state index contributed by atoms with van der Waals surface area (Å²) in [6.07, 6.45) is 2.32. The first-order valence-corrected chi connectivity index (χ1v) is 5.48. The zero-order chi connectivity index (χ0) is 11.1. The van der Waals surface area contributed by atoms with Crippen molar-refractivity contribution >= 4 is 15.9 Å². The predicted molar refractivity (Wildman–Crippen MR) is 56.9 cm³/mol. The minimum absolute atomic E-state index is 0.0161. The maximum atomic E-state index is 13.2. The summed E-state index contributed by atoms with van der Waals surface area (Å²) in [5, 5.41) is 18.9. The van der Waals surface area contributed by atoms with E-state index in [1.54, 1.807) is 0 Å². The second-order valence-electron chi connectivity index (χ2n) is 3.83. The van der Waals surface area contributed by atoms with Gasteiger partial charge in [0.25, 0.3) is 0 Å². The van der Waals surface area contributed by atoms with E-state index in [-0.39, 0.29) is 5.75 Å². The lowest BCUT2D eigenvalue weighted by atomic mass is 9.65. The third-order valence-electron chi connectivity index (χ3n) is 2.96. The molecule has 0 radical (unpaired) electrons. The van der Waals surface area contributed by atoms with Crippen LogP contribution in [0, 0.1) is 17.1 Å². The van der Waals surface area contributed by atoms with Gasteiger partial charge in [0, 0.05) is 5.56 Å². The standard InChI is InChI=1S/C11H9BrFNO/c12-9-5-7(13)4-8(10(9)15)11(6-14)2-1-3-11/h4-5,15H,1-3H2. The monoisotopic (exact) mass is 269 g/mol. The van der Waals surface area contributed by atoms with Gasteiger partial charge in [0.05, 0.1) is 16.0 Å². The van der Waals surface area contributed by atoms with Gasteiger partial charge in [0.1, 0.15) is 11.6 Å². The molecular weight excluding hydrogens is 261 g/mol. The van der Waals surface area contributed by atoms with Crippen LogP contribution in [0.5, 0.6) is 5.75 Å². The van der Waals surface area contributed by atoms with Gasteiger partial charge in [-0.05, 0) is 47.3 Å². The van der Waals surface area contributed by atoms with E-state index in [4.69, 9.17) is 5.26 Å². The van der Waals surface area contributed by atoms with E-state index in [1.165, 1.54) is 12.1 Å². The number of nitrogens with zero attached hydrogens (tertiary/aromatic N) is 1. The molecule has 1 saturated carbocycles. The van der Waals surface area contributed by atoms with Crippen molar-refractivity contribution in [1.82, 2.24) is 0 Å². The molecular formula is C11H9BrFNO. The highest BCUT2D eigenvalue weighted by Gasteiger charge is 2.41. The van der Waals surface area contributed by atoms with Gasteiger partial charge in [0.15, 0.2) is 0 Å². The molecule has 1 aromatic rings. The van der Waals surface area contributed by atoms with Crippen LogP contribution in [-0.2, 0) is 5.41 Å². The molecule has 0 bridgehead atoms. The molecule has 0 unspecified atom stereocenters. The van der Waals surface area contributed by atoms with Crippen molar-refractivity contribution in [2.75, 3.05) is 0 Å². The Balaban J connectivity index is 2.57. The fraction of sp³-hybridized carbons (Fsp3) is 0.364. The van der Waals surface area contributed by atoms with Crippen molar-refractivity contribution in [3.63, 3.8) is 0 Å². The van der Waals surface area contributed by atoms with Crippen molar-refractivity contribution in [3.8, 4) is 11.8 Å². The Morgan fingerprint density at radius 3 is 2.60 bits per heavy atom. The number of benzene rings is 1. The van der Waals surface area contributed by atoms with Crippen molar-refractivity contribution in [1.29, 1.82) is 5.26 Å². The molecule has 0 heterocycles. The van der Waals surface area contributed by atoms with Gasteiger partial charge >= 0.3 is 0 Å². The van der Waals surface area contributed by atoms with Gasteiger partial charge in [-0.25, -0.2) is 4.39 Å². The Hall–Kier alpha value is -1.08. The second kappa shape index (κ2) is 3.49. The van der Waals surface area contributed by atoms with Crippen LogP contribution in [0.2, 0.25) is 0 Å². The molecule has 4 heteroatoms. The molecule has 2 rings (SSSR count). The Bertz CT molecular complexity index is 449. The lowest BCUT2D eigenvalue weighted by molar-refractivity contribution is 0.309. The third-order valence-corrected chi connectivity index (χ3v) is 3.57. The number of nitriles is 1. The first-order valence-electron chi connectivity index (χ1n) is 4.69. The van der Waals surface area contributed by atoms with Crippen molar-refractivity contribution in [3.05, 3.63) is 28.0 Å². The van der Waals surface area contributed by atoms with Gasteiger partial charge in [-0.15, -0.1) is 0 Å². The lowest BCUT2D eigenvalue weighted by Gasteiger charge is -2.36. The maximum absolute atomic E-state index is 13.2. The Labute approximate surface area is 95.5 Å². The summed E-state index contributed by atoms with van der Waals surface area (Å²) in [4.78, 5) is 0. The topological polar surface area (TPSA) is 44.0 Å². The van der Waals surface area contributed by atoms with Crippen LogP contribution < -0.4 is 0 Å². The molecule has 15 heavy (non-hydrogen) atoms.